The number of fused-ring (bicyclic) bond motifs is 1. The fraction of sp³-hybridized carbons (Fsp3) is 0.167. The van der Waals surface area contributed by atoms with Crippen molar-refractivity contribution in [2.24, 2.45) is 0 Å². The lowest BCUT2D eigenvalue weighted by Gasteiger charge is -2.14. The fourth-order valence-corrected chi connectivity index (χ4v) is 2.60. The minimum atomic E-state index is -0.796. The van der Waals surface area contributed by atoms with Gasteiger partial charge in [0.1, 0.15) is 11.8 Å². The van der Waals surface area contributed by atoms with Gasteiger partial charge in [0.15, 0.2) is 0 Å². The van der Waals surface area contributed by atoms with E-state index in [0.717, 1.165) is 0 Å². The molecular weight excluding hydrogens is 322 g/mol. The van der Waals surface area contributed by atoms with E-state index in [-0.39, 0.29) is 36.3 Å². The first-order valence-corrected chi connectivity index (χ1v) is 7.82. The van der Waals surface area contributed by atoms with Crippen LogP contribution in [0, 0.1) is 0 Å². The third-order valence-electron chi connectivity index (χ3n) is 3.84. The predicted octanol–water partition coefficient (Wildman–Crippen LogP) is 1.86. The number of carbonyl (C=O) groups is 3. The zero-order valence-electron chi connectivity index (χ0n) is 13.3. The summed E-state index contributed by atoms with van der Waals surface area (Å²) in [4.78, 5) is 36.5. The van der Waals surface area contributed by atoms with E-state index in [9.17, 15) is 19.5 Å². The van der Waals surface area contributed by atoms with Gasteiger partial charge in [0.05, 0.1) is 11.3 Å². The Morgan fingerprint density at radius 1 is 1.12 bits per heavy atom. The van der Waals surface area contributed by atoms with Crippen molar-refractivity contribution >= 4 is 29.1 Å². The number of carbonyl (C=O) groups excluding carboxylic acids is 3. The Morgan fingerprint density at radius 3 is 2.72 bits per heavy atom. The highest BCUT2D eigenvalue weighted by Gasteiger charge is 2.27. The number of rotatable bonds is 4. The Bertz CT molecular complexity index is 835. The molecule has 3 rings (SSSR count). The standard InChI is InChI=1S/C18H17N3O4/c22-12-5-3-4-11(10-12)19-16(23)9-8-15-18(25)20-14-7-2-1-6-13(14)17(24)21-15/h1-7,10,15,22H,8-9H2,(H,19,23)(H,20,25)(H,21,24)/t15-/m0/s1. The van der Waals surface area contributed by atoms with Gasteiger partial charge in [-0.1, -0.05) is 18.2 Å². The number of hydrogen-bond donors (Lipinski definition) is 4. The zero-order chi connectivity index (χ0) is 17.8. The molecule has 3 amide bonds. The number of aromatic hydroxyl groups is 1. The van der Waals surface area contributed by atoms with Gasteiger partial charge in [-0.05, 0) is 30.7 Å². The highest BCUT2D eigenvalue weighted by atomic mass is 16.3. The van der Waals surface area contributed by atoms with Crippen molar-refractivity contribution in [1.82, 2.24) is 5.32 Å². The summed E-state index contributed by atoms with van der Waals surface area (Å²) >= 11 is 0. The molecule has 0 saturated heterocycles. The van der Waals surface area contributed by atoms with Gasteiger partial charge in [0, 0.05) is 18.2 Å². The third-order valence-corrected chi connectivity index (χ3v) is 3.84. The molecule has 7 heteroatoms. The lowest BCUT2D eigenvalue weighted by atomic mass is 10.1. The minimum Gasteiger partial charge on any atom is -0.508 e. The maximum Gasteiger partial charge on any atom is 0.254 e. The minimum absolute atomic E-state index is 0.0460. The molecule has 1 heterocycles. The predicted molar refractivity (Wildman–Crippen MR) is 92.3 cm³/mol. The van der Waals surface area contributed by atoms with Crippen molar-refractivity contribution in [2.45, 2.75) is 18.9 Å². The van der Waals surface area contributed by atoms with Gasteiger partial charge >= 0.3 is 0 Å². The largest absolute Gasteiger partial charge is 0.508 e. The van der Waals surface area contributed by atoms with E-state index in [4.69, 9.17) is 0 Å². The van der Waals surface area contributed by atoms with Crippen LogP contribution in [0.2, 0.25) is 0 Å². The summed E-state index contributed by atoms with van der Waals surface area (Å²) in [5, 5.41) is 17.4. The van der Waals surface area contributed by atoms with Gasteiger partial charge in [-0.3, -0.25) is 14.4 Å². The Morgan fingerprint density at radius 2 is 1.92 bits per heavy atom. The second-order valence-corrected chi connectivity index (χ2v) is 5.70. The zero-order valence-corrected chi connectivity index (χ0v) is 13.3. The number of phenols is 1. The summed E-state index contributed by atoms with van der Waals surface area (Å²) in [5.74, 6) is -0.976. The molecule has 1 aliphatic heterocycles. The van der Waals surface area contributed by atoms with Crippen molar-refractivity contribution in [1.29, 1.82) is 0 Å². The van der Waals surface area contributed by atoms with E-state index < -0.39 is 6.04 Å². The van der Waals surface area contributed by atoms with E-state index in [1.54, 1.807) is 36.4 Å². The average molecular weight is 339 g/mol. The van der Waals surface area contributed by atoms with Crippen LogP contribution in [0.25, 0.3) is 0 Å². The lowest BCUT2D eigenvalue weighted by molar-refractivity contribution is -0.118. The number of amides is 3. The molecular formula is C18H17N3O4. The van der Waals surface area contributed by atoms with Gasteiger partial charge in [0.2, 0.25) is 11.8 Å². The molecule has 0 bridgehead atoms. The maximum absolute atomic E-state index is 12.2. The fourth-order valence-electron chi connectivity index (χ4n) is 2.60. The monoisotopic (exact) mass is 339 g/mol. The Balaban J connectivity index is 1.61. The highest BCUT2D eigenvalue weighted by Crippen LogP contribution is 2.20. The van der Waals surface area contributed by atoms with Gasteiger partial charge in [-0.2, -0.15) is 0 Å². The highest BCUT2D eigenvalue weighted by molar-refractivity contribution is 6.09. The number of nitrogens with one attached hydrogen (secondary N) is 3. The average Bonchev–Trinajstić information content (AvgIpc) is 2.70. The molecule has 0 radical (unpaired) electrons. The first kappa shape index (κ1) is 16.5. The molecule has 128 valence electrons. The molecule has 4 N–H and O–H groups in total. The van der Waals surface area contributed by atoms with Gasteiger partial charge in [-0.15, -0.1) is 0 Å². The first-order valence-electron chi connectivity index (χ1n) is 7.82. The second-order valence-electron chi connectivity index (χ2n) is 5.70. The van der Waals surface area contributed by atoms with Crippen LogP contribution in [0.1, 0.15) is 23.2 Å². The summed E-state index contributed by atoms with van der Waals surface area (Å²) in [5.41, 5.74) is 1.31. The topological polar surface area (TPSA) is 108 Å². The van der Waals surface area contributed by atoms with Crippen LogP contribution < -0.4 is 16.0 Å². The van der Waals surface area contributed by atoms with Crippen molar-refractivity contribution in [3.05, 3.63) is 54.1 Å². The number of hydrogen-bond acceptors (Lipinski definition) is 4. The molecule has 2 aromatic carbocycles. The van der Waals surface area contributed by atoms with Crippen molar-refractivity contribution < 1.29 is 19.5 Å². The third kappa shape index (κ3) is 3.95. The number of benzene rings is 2. The van der Waals surface area contributed by atoms with Crippen LogP contribution in [0.4, 0.5) is 11.4 Å². The summed E-state index contributed by atoms with van der Waals surface area (Å²) in [7, 11) is 0. The molecule has 2 aromatic rings. The van der Waals surface area contributed by atoms with E-state index >= 15 is 0 Å². The van der Waals surface area contributed by atoms with E-state index in [1.165, 1.54) is 12.1 Å². The molecule has 0 unspecified atom stereocenters. The van der Waals surface area contributed by atoms with E-state index in [0.29, 0.717) is 16.9 Å². The molecule has 7 nitrogen and oxygen atoms in total. The van der Waals surface area contributed by atoms with Gasteiger partial charge < -0.3 is 21.1 Å². The van der Waals surface area contributed by atoms with Crippen LogP contribution in [0.15, 0.2) is 48.5 Å². The molecule has 1 atom stereocenters. The number of anilines is 2. The van der Waals surface area contributed by atoms with Crippen LogP contribution in [-0.4, -0.2) is 28.9 Å². The Labute approximate surface area is 144 Å². The second kappa shape index (κ2) is 7.04. The summed E-state index contributed by atoms with van der Waals surface area (Å²) in [6, 6.07) is 12.1. The van der Waals surface area contributed by atoms with Gasteiger partial charge in [0.25, 0.3) is 5.91 Å². The van der Waals surface area contributed by atoms with E-state index in [2.05, 4.69) is 16.0 Å². The summed E-state index contributed by atoms with van der Waals surface area (Å²) < 4.78 is 0. The van der Waals surface area contributed by atoms with Gasteiger partial charge in [-0.25, -0.2) is 0 Å². The normalized spacial score (nSPS) is 16.2. The smallest absolute Gasteiger partial charge is 0.254 e. The molecule has 25 heavy (non-hydrogen) atoms. The van der Waals surface area contributed by atoms with Crippen LogP contribution in [-0.2, 0) is 9.59 Å². The quantitative estimate of drug-likeness (QED) is 0.682. The molecule has 0 saturated carbocycles. The maximum atomic E-state index is 12.2. The molecule has 0 fully saturated rings. The van der Waals surface area contributed by atoms with Crippen molar-refractivity contribution in [2.75, 3.05) is 10.6 Å². The van der Waals surface area contributed by atoms with Crippen molar-refractivity contribution in [3.63, 3.8) is 0 Å². The van der Waals surface area contributed by atoms with Crippen LogP contribution >= 0.6 is 0 Å². The molecule has 0 aliphatic carbocycles. The lowest BCUT2D eigenvalue weighted by Crippen LogP contribution is -2.41. The number of phenolic OH excluding ortho intramolecular Hbond substituents is 1. The molecule has 0 aromatic heterocycles. The number of para-hydroxylation sites is 1. The molecule has 1 aliphatic rings. The first-order chi connectivity index (χ1) is 12.0. The van der Waals surface area contributed by atoms with Crippen LogP contribution in [0.3, 0.4) is 0 Å². The Hall–Kier alpha value is -3.35. The van der Waals surface area contributed by atoms with E-state index in [1.807, 2.05) is 0 Å². The Kier molecular flexibility index (Phi) is 4.65. The molecule has 0 spiro atoms. The van der Waals surface area contributed by atoms with Crippen molar-refractivity contribution in [3.8, 4) is 5.75 Å². The summed E-state index contributed by atoms with van der Waals surface area (Å²) in [6.07, 6.45) is 0.209. The SMILES string of the molecule is O=C(CC[C@@H]1NC(=O)c2ccccc2NC1=O)Nc1cccc(O)c1. The van der Waals surface area contributed by atoms with Crippen LogP contribution in [0.5, 0.6) is 5.75 Å². The summed E-state index contributed by atoms with van der Waals surface area (Å²) in [6.45, 7) is 0.